The van der Waals surface area contributed by atoms with Crippen molar-refractivity contribution in [3.63, 3.8) is 0 Å². The Morgan fingerprint density at radius 2 is 2.13 bits per heavy atom. The van der Waals surface area contributed by atoms with Crippen molar-refractivity contribution >= 4 is 44.8 Å². The van der Waals surface area contributed by atoms with E-state index in [-0.39, 0.29) is 12.1 Å². The van der Waals surface area contributed by atoms with E-state index in [0.717, 1.165) is 11.1 Å². The molecule has 3 aromatic rings. The number of hydrogen-bond acceptors (Lipinski definition) is 3. The molecule has 3 nitrogen and oxygen atoms in total. The fourth-order valence-electron chi connectivity index (χ4n) is 2.47. The zero-order chi connectivity index (χ0) is 16.6. The van der Waals surface area contributed by atoms with Crippen LogP contribution in [0.4, 0.5) is 0 Å². The smallest absolute Gasteiger partial charge is 0.263 e. The van der Waals surface area contributed by atoms with Crippen LogP contribution < -0.4 is 5.56 Å². The number of aromatic nitrogens is 2. The third-order valence-electron chi connectivity index (χ3n) is 3.57. The second kappa shape index (κ2) is 6.37. The Balaban J connectivity index is 2.32. The van der Waals surface area contributed by atoms with Gasteiger partial charge in [-0.25, -0.2) is 4.98 Å². The predicted octanol–water partition coefficient (Wildman–Crippen LogP) is 4.63. The Morgan fingerprint density at radius 3 is 2.78 bits per heavy atom. The van der Waals surface area contributed by atoms with Gasteiger partial charge in [0, 0.05) is 17.4 Å². The lowest BCUT2D eigenvalue weighted by Gasteiger charge is -2.09. The summed E-state index contributed by atoms with van der Waals surface area (Å²) in [5, 5.41) is 3.41. The SMILES string of the molecule is C#CCn1c(CC)nc2scc(-c3ccc(Cl)c(Cl)c3)c2c1=O. The van der Waals surface area contributed by atoms with Crippen LogP contribution in [0.3, 0.4) is 0 Å². The van der Waals surface area contributed by atoms with Crippen LogP contribution in [0.5, 0.6) is 0 Å². The van der Waals surface area contributed by atoms with Crippen LogP contribution in [0.1, 0.15) is 12.7 Å². The van der Waals surface area contributed by atoms with Crippen LogP contribution in [0, 0.1) is 12.3 Å². The largest absolute Gasteiger partial charge is 0.284 e. The van der Waals surface area contributed by atoms with E-state index in [1.165, 1.54) is 11.3 Å². The van der Waals surface area contributed by atoms with E-state index in [9.17, 15) is 4.79 Å². The quantitative estimate of drug-likeness (QED) is 0.636. The number of thiophene rings is 1. The molecule has 2 aromatic heterocycles. The summed E-state index contributed by atoms with van der Waals surface area (Å²) in [6.07, 6.45) is 6.04. The van der Waals surface area contributed by atoms with Gasteiger partial charge in [0.15, 0.2) is 0 Å². The van der Waals surface area contributed by atoms with Gasteiger partial charge in [0.25, 0.3) is 5.56 Å². The molecular formula is C17H12Cl2N2OS. The molecule has 0 aliphatic heterocycles. The first-order chi connectivity index (χ1) is 11.1. The zero-order valence-electron chi connectivity index (χ0n) is 12.3. The highest BCUT2D eigenvalue weighted by Gasteiger charge is 2.16. The Labute approximate surface area is 147 Å². The average Bonchev–Trinajstić information content (AvgIpc) is 2.96. The predicted molar refractivity (Wildman–Crippen MR) is 97.5 cm³/mol. The van der Waals surface area contributed by atoms with Gasteiger partial charge < -0.3 is 0 Å². The third kappa shape index (κ3) is 2.76. The van der Waals surface area contributed by atoms with Crippen LogP contribution in [-0.4, -0.2) is 9.55 Å². The fourth-order valence-corrected chi connectivity index (χ4v) is 3.72. The first kappa shape index (κ1) is 16.1. The van der Waals surface area contributed by atoms with E-state index in [0.29, 0.717) is 32.5 Å². The summed E-state index contributed by atoms with van der Waals surface area (Å²) >= 11 is 13.5. The van der Waals surface area contributed by atoms with Crippen molar-refractivity contribution in [1.29, 1.82) is 0 Å². The van der Waals surface area contributed by atoms with Gasteiger partial charge >= 0.3 is 0 Å². The molecule has 0 bridgehead atoms. The molecule has 23 heavy (non-hydrogen) atoms. The highest BCUT2D eigenvalue weighted by molar-refractivity contribution is 7.17. The van der Waals surface area contributed by atoms with Gasteiger partial charge in [-0.3, -0.25) is 9.36 Å². The molecule has 0 spiro atoms. The molecule has 0 amide bonds. The molecule has 116 valence electrons. The second-order valence-corrected chi connectivity index (χ2v) is 6.61. The van der Waals surface area contributed by atoms with Crippen molar-refractivity contribution in [2.45, 2.75) is 19.9 Å². The summed E-state index contributed by atoms with van der Waals surface area (Å²) in [6.45, 7) is 2.16. The molecule has 2 heterocycles. The molecule has 0 unspecified atom stereocenters. The number of hydrogen-bond donors (Lipinski definition) is 0. The highest BCUT2D eigenvalue weighted by Crippen LogP contribution is 2.34. The van der Waals surface area contributed by atoms with Crippen LogP contribution >= 0.6 is 34.5 Å². The topological polar surface area (TPSA) is 34.9 Å². The molecule has 0 saturated heterocycles. The van der Waals surface area contributed by atoms with Crippen molar-refractivity contribution in [2.75, 3.05) is 0 Å². The maximum Gasteiger partial charge on any atom is 0.263 e. The minimum atomic E-state index is -0.118. The Bertz CT molecular complexity index is 998. The fraction of sp³-hybridized carbons (Fsp3) is 0.176. The average molecular weight is 363 g/mol. The summed E-state index contributed by atoms with van der Waals surface area (Å²) in [4.78, 5) is 18.2. The number of terminal acetylenes is 1. The van der Waals surface area contributed by atoms with Gasteiger partial charge in [-0.05, 0) is 17.7 Å². The Hall–Kier alpha value is -1.80. The van der Waals surface area contributed by atoms with Gasteiger partial charge in [0.05, 0.1) is 22.0 Å². The highest BCUT2D eigenvalue weighted by atomic mass is 35.5. The molecule has 0 atom stereocenters. The van der Waals surface area contributed by atoms with Gasteiger partial charge in [-0.1, -0.05) is 42.1 Å². The molecule has 0 aliphatic carbocycles. The number of halogens is 2. The number of aryl methyl sites for hydroxylation is 1. The van der Waals surface area contributed by atoms with E-state index in [1.54, 1.807) is 16.7 Å². The molecule has 3 rings (SSSR count). The molecule has 0 N–H and O–H groups in total. The third-order valence-corrected chi connectivity index (χ3v) is 5.18. The van der Waals surface area contributed by atoms with Crippen molar-refractivity contribution in [1.82, 2.24) is 9.55 Å². The molecule has 0 radical (unpaired) electrons. The van der Waals surface area contributed by atoms with Crippen molar-refractivity contribution in [3.8, 4) is 23.5 Å². The lowest BCUT2D eigenvalue weighted by molar-refractivity contribution is 0.712. The summed E-state index contributed by atoms with van der Waals surface area (Å²) in [5.41, 5.74) is 1.52. The van der Waals surface area contributed by atoms with Crippen LogP contribution in [0.15, 0.2) is 28.4 Å². The maximum absolute atomic E-state index is 12.9. The summed E-state index contributed by atoms with van der Waals surface area (Å²) < 4.78 is 1.55. The zero-order valence-corrected chi connectivity index (χ0v) is 14.6. The van der Waals surface area contributed by atoms with E-state index < -0.39 is 0 Å². The number of fused-ring (bicyclic) bond motifs is 1. The van der Waals surface area contributed by atoms with Gasteiger partial charge in [-0.2, -0.15) is 0 Å². The molecular weight excluding hydrogens is 351 g/mol. The van der Waals surface area contributed by atoms with Crippen molar-refractivity contribution in [3.05, 3.63) is 49.8 Å². The first-order valence-electron chi connectivity index (χ1n) is 6.96. The van der Waals surface area contributed by atoms with Gasteiger partial charge in [0.2, 0.25) is 0 Å². The minimum Gasteiger partial charge on any atom is -0.284 e. The van der Waals surface area contributed by atoms with E-state index in [2.05, 4.69) is 10.9 Å². The lowest BCUT2D eigenvalue weighted by Crippen LogP contribution is -2.24. The second-order valence-electron chi connectivity index (χ2n) is 4.94. The Morgan fingerprint density at radius 1 is 1.35 bits per heavy atom. The first-order valence-corrected chi connectivity index (χ1v) is 8.60. The summed E-state index contributed by atoms with van der Waals surface area (Å²) in [5.74, 6) is 3.22. The molecule has 0 aliphatic rings. The van der Waals surface area contributed by atoms with Crippen molar-refractivity contribution < 1.29 is 0 Å². The van der Waals surface area contributed by atoms with Crippen molar-refractivity contribution in [2.24, 2.45) is 0 Å². The molecule has 1 aromatic carbocycles. The lowest BCUT2D eigenvalue weighted by atomic mass is 10.1. The van der Waals surface area contributed by atoms with Crippen LogP contribution in [0.25, 0.3) is 21.3 Å². The van der Waals surface area contributed by atoms with Crippen LogP contribution in [0.2, 0.25) is 10.0 Å². The van der Waals surface area contributed by atoms with E-state index in [1.807, 2.05) is 18.4 Å². The van der Waals surface area contributed by atoms with E-state index in [4.69, 9.17) is 29.6 Å². The summed E-state index contributed by atoms with van der Waals surface area (Å²) in [7, 11) is 0. The van der Waals surface area contributed by atoms with E-state index >= 15 is 0 Å². The van der Waals surface area contributed by atoms with Gasteiger partial charge in [0.1, 0.15) is 10.7 Å². The number of benzene rings is 1. The normalized spacial score (nSPS) is 10.9. The number of rotatable bonds is 3. The molecule has 0 fully saturated rings. The molecule has 0 saturated carbocycles. The summed E-state index contributed by atoms with van der Waals surface area (Å²) in [6, 6.07) is 5.31. The minimum absolute atomic E-state index is 0.118. The van der Waals surface area contributed by atoms with Gasteiger partial charge in [-0.15, -0.1) is 17.8 Å². The molecule has 6 heteroatoms. The monoisotopic (exact) mass is 362 g/mol. The van der Waals surface area contributed by atoms with Crippen LogP contribution in [-0.2, 0) is 13.0 Å². The maximum atomic E-state index is 12.9. The number of nitrogens with zero attached hydrogens (tertiary/aromatic N) is 2. The Kier molecular flexibility index (Phi) is 4.45. The standard InChI is InChI=1S/C17H12Cl2N2OS/c1-3-7-21-14(4-2)20-16-15(17(21)22)11(9-23-16)10-5-6-12(18)13(19)8-10/h1,5-6,8-9H,4,7H2,2H3.